The fourth-order valence-electron chi connectivity index (χ4n) is 1.65. The van der Waals surface area contributed by atoms with E-state index in [4.69, 9.17) is 9.73 Å². The van der Waals surface area contributed by atoms with Crippen molar-refractivity contribution in [3.05, 3.63) is 29.8 Å². The van der Waals surface area contributed by atoms with Crippen molar-refractivity contribution in [3.8, 4) is 5.75 Å². The van der Waals surface area contributed by atoms with E-state index in [1.165, 1.54) is 5.56 Å². The number of hydrogen-bond donors (Lipinski definition) is 0. The lowest BCUT2D eigenvalue weighted by atomic mass is 10.1. The van der Waals surface area contributed by atoms with Crippen LogP contribution in [0.3, 0.4) is 0 Å². The Labute approximate surface area is 107 Å². The molecule has 0 unspecified atom stereocenters. The Bertz CT molecular complexity index is 409. The van der Waals surface area contributed by atoms with Gasteiger partial charge in [0.25, 0.3) is 0 Å². The molecule has 17 heavy (non-hydrogen) atoms. The molecule has 3 heteroatoms. The van der Waals surface area contributed by atoms with Crippen molar-refractivity contribution in [1.82, 2.24) is 0 Å². The standard InChI is InChI=1S/C14H19NOS/c1-4-9-16-12-7-5-11(6-8-12)13-15-14(2,3)10-17-13/h5-8H,4,9-10H2,1-3H3. The minimum absolute atomic E-state index is 0.0807. The summed E-state index contributed by atoms with van der Waals surface area (Å²) in [6.07, 6.45) is 1.04. The van der Waals surface area contributed by atoms with Gasteiger partial charge in [0.15, 0.2) is 0 Å². The number of aliphatic imine (C=N–C) groups is 1. The minimum atomic E-state index is 0.0807. The summed E-state index contributed by atoms with van der Waals surface area (Å²) < 4.78 is 5.57. The molecular weight excluding hydrogens is 230 g/mol. The molecule has 1 aliphatic rings. The zero-order valence-electron chi connectivity index (χ0n) is 10.7. The van der Waals surface area contributed by atoms with Crippen molar-refractivity contribution in [2.75, 3.05) is 12.4 Å². The van der Waals surface area contributed by atoms with Crippen LogP contribution >= 0.6 is 11.8 Å². The van der Waals surface area contributed by atoms with E-state index in [0.29, 0.717) is 0 Å². The molecule has 0 aromatic heterocycles. The van der Waals surface area contributed by atoms with Gasteiger partial charge in [-0.25, -0.2) is 0 Å². The molecule has 0 saturated carbocycles. The highest BCUT2D eigenvalue weighted by Gasteiger charge is 2.25. The zero-order chi connectivity index (χ0) is 12.3. The number of hydrogen-bond acceptors (Lipinski definition) is 3. The van der Waals surface area contributed by atoms with Gasteiger partial charge in [-0.05, 0) is 44.5 Å². The molecular formula is C14H19NOS. The first-order chi connectivity index (χ1) is 8.11. The summed E-state index contributed by atoms with van der Waals surface area (Å²) in [5.74, 6) is 2.01. The monoisotopic (exact) mass is 249 g/mol. The van der Waals surface area contributed by atoms with E-state index in [1.807, 2.05) is 23.9 Å². The molecule has 0 saturated heterocycles. The molecule has 1 aromatic rings. The van der Waals surface area contributed by atoms with Gasteiger partial charge in [-0.2, -0.15) is 0 Å². The number of benzene rings is 1. The lowest BCUT2D eigenvalue weighted by Gasteiger charge is -2.09. The second kappa shape index (κ2) is 5.13. The van der Waals surface area contributed by atoms with Crippen LogP contribution in [0.25, 0.3) is 0 Å². The maximum absolute atomic E-state index is 5.57. The Morgan fingerprint density at radius 1 is 1.29 bits per heavy atom. The minimum Gasteiger partial charge on any atom is -0.494 e. The molecule has 2 nitrogen and oxygen atoms in total. The van der Waals surface area contributed by atoms with Crippen LogP contribution in [0, 0.1) is 0 Å². The summed E-state index contributed by atoms with van der Waals surface area (Å²) in [5.41, 5.74) is 1.28. The van der Waals surface area contributed by atoms with Crippen LogP contribution in [0.4, 0.5) is 0 Å². The van der Waals surface area contributed by atoms with Crippen LogP contribution in [0.1, 0.15) is 32.8 Å². The summed E-state index contributed by atoms with van der Waals surface area (Å²) in [6.45, 7) is 7.24. The first-order valence-corrected chi connectivity index (χ1v) is 7.05. The van der Waals surface area contributed by atoms with Crippen LogP contribution in [-0.4, -0.2) is 22.9 Å². The summed E-state index contributed by atoms with van der Waals surface area (Å²) in [6, 6.07) is 8.25. The van der Waals surface area contributed by atoms with Gasteiger partial charge in [0.2, 0.25) is 0 Å². The first kappa shape index (κ1) is 12.5. The molecule has 1 aromatic carbocycles. The SMILES string of the molecule is CCCOc1ccc(C2=NC(C)(C)CS2)cc1. The molecule has 92 valence electrons. The predicted octanol–water partition coefficient (Wildman–Crippen LogP) is 3.75. The van der Waals surface area contributed by atoms with E-state index in [1.54, 1.807) is 0 Å². The largest absolute Gasteiger partial charge is 0.494 e. The van der Waals surface area contributed by atoms with E-state index >= 15 is 0 Å². The van der Waals surface area contributed by atoms with Crippen molar-refractivity contribution >= 4 is 16.8 Å². The van der Waals surface area contributed by atoms with Crippen LogP contribution in [0.2, 0.25) is 0 Å². The average Bonchev–Trinajstić information content (AvgIpc) is 2.68. The molecule has 0 fully saturated rings. The number of ether oxygens (including phenoxy) is 1. The van der Waals surface area contributed by atoms with Crippen LogP contribution in [-0.2, 0) is 0 Å². The Morgan fingerprint density at radius 3 is 2.53 bits per heavy atom. The maximum Gasteiger partial charge on any atom is 0.119 e. The summed E-state index contributed by atoms with van der Waals surface area (Å²) in [4.78, 5) is 4.72. The molecule has 0 N–H and O–H groups in total. The molecule has 1 heterocycles. The van der Waals surface area contributed by atoms with Gasteiger partial charge in [-0.15, -0.1) is 11.8 Å². The fourth-order valence-corrected chi connectivity index (χ4v) is 2.81. The highest BCUT2D eigenvalue weighted by atomic mass is 32.2. The van der Waals surface area contributed by atoms with Crippen molar-refractivity contribution in [1.29, 1.82) is 0 Å². The third-order valence-corrected chi connectivity index (χ3v) is 3.99. The van der Waals surface area contributed by atoms with E-state index in [9.17, 15) is 0 Å². The van der Waals surface area contributed by atoms with Crippen LogP contribution in [0.5, 0.6) is 5.75 Å². The molecule has 0 aliphatic carbocycles. The lowest BCUT2D eigenvalue weighted by molar-refractivity contribution is 0.317. The highest BCUT2D eigenvalue weighted by Crippen LogP contribution is 2.30. The number of thioether (sulfide) groups is 1. The van der Waals surface area contributed by atoms with Gasteiger partial charge < -0.3 is 4.74 Å². The highest BCUT2D eigenvalue weighted by molar-refractivity contribution is 8.14. The Morgan fingerprint density at radius 2 is 2.00 bits per heavy atom. The normalized spacial score (nSPS) is 17.9. The zero-order valence-corrected chi connectivity index (χ0v) is 11.5. The molecule has 0 bridgehead atoms. The number of rotatable bonds is 4. The van der Waals surface area contributed by atoms with Crippen molar-refractivity contribution < 1.29 is 4.74 Å². The molecule has 0 radical (unpaired) electrons. The molecule has 0 amide bonds. The second-order valence-corrected chi connectivity index (χ2v) is 5.85. The molecule has 0 spiro atoms. The summed E-state index contributed by atoms with van der Waals surface area (Å²) >= 11 is 1.84. The Hall–Kier alpha value is -0.960. The quantitative estimate of drug-likeness (QED) is 0.810. The van der Waals surface area contributed by atoms with Gasteiger partial charge >= 0.3 is 0 Å². The van der Waals surface area contributed by atoms with E-state index in [0.717, 1.165) is 29.6 Å². The van der Waals surface area contributed by atoms with Gasteiger partial charge in [0.1, 0.15) is 5.75 Å². The fraction of sp³-hybridized carbons (Fsp3) is 0.500. The summed E-state index contributed by atoms with van der Waals surface area (Å²) in [5, 5.41) is 1.15. The Kier molecular flexibility index (Phi) is 3.77. The average molecular weight is 249 g/mol. The molecule has 2 rings (SSSR count). The predicted molar refractivity (Wildman–Crippen MR) is 75.3 cm³/mol. The van der Waals surface area contributed by atoms with Gasteiger partial charge in [0, 0.05) is 11.3 Å². The first-order valence-electron chi connectivity index (χ1n) is 6.06. The lowest BCUT2D eigenvalue weighted by Crippen LogP contribution is -2.15. The Balaban J connectivity index is 2.08. The smallest absolute Gasteiger partial charge is 0.119 e. The topological polar surface area (TPSA) is 21.6 Å². The van der Waals surface area contributed by atoms with Gasteiger partial charge in [-0.3, -0.25) is 4.99 Å². The maximum atomic E-state index is 5.57. The number of nitrogens with zero attached hydrogens (tertiary/aromatic N) is 1. The van der Waals surface area contributed by atoms with E-state index in [2.05, 4.69) is 32.9 Å². The third-order valence-electron chi connectivity index (χ3n) is 2.54. The van der Waals surface area contributed by atoms with Crippen molar-refractivity contribution in [2.24, 2.45) is 4.99 Å². The van der Waals surface area contributed by atoms with Crippen LogP contribution in [0.15, 0.2) is 29.3 Å². The van der Waals surface area contributed by atoms with Gasteiger partial charge in [-0.1, -0.05) is 6.92 Å². The molecule has 0 atom stereocenters. The third kappa shape index (κ3) is 3.25. The van der Waals surface area contributed by atoms with Crippen molar-refractivity contribution in [2.45, 2.75) is 32.7 Å². The van der Waals surface area contributed by atoms with E-state index < -0.39 is 0 Å². The van der Waals surface area contributed by atoms with Crippen LogP contribution < -0.4 is 4.74 Å². The van der Waals surface area contributed by atoms with Crippen molar-refractivity contribution in [3.63, 3.8) is 0 Å². The van der Waals surface area contributed by atoms with E-state index in [-0.39, 0.29) is 5.54 Å². The second-order valence-electron chi connectivity index (χ2n) is 4.89. The van der Waals surface area contributed by atoms with Gasteiger partial charge in [0.05, 0.1) is 17.2 Å². The molecule has 1 aliphatic heterocycles. The summed E-state index contributed by atoms with van der Waals surface area (Å²) in [7, 11) is 0.